The molecule has 0 N–H and O–H groups in total. The van der Waals surface area contributed by atoms with Gasteiger partial charge in [0.1, 0.15) is 6.61 Å². The largest absolute Gasteiger partial charge is 0.463 e. The first-order valence-corrected chi connectivity index (χ1v) is 7.28. The average molecular weight is 300 g/mol. The molecule has 0 atom stereocenters. The van der Waals surface area contributed by atoms with Gasteiger partial charge in [-0.1, -0.05) is 39.8 Å². The van der Waals surface area contributed by atoms with Crippen LogP contribution in [0.1, 0.15) is 39.5 Å². The van der Waals surface area contributed by atoms with Gasteiger partial charge < -0.3 is 14.2 Å². The predicted octanol–water partition coefficient (Wildman–Crippen LogP) is 3.05. The summed E-state index contributed by atoms with van der Waals surface area (Å²) in [5.74, 6) is -0.724. The van der Waals surface area contributed by atoms with Crippen LogP contribution in [0.25, 0.3) is 0 Å². The first kappa shape index (κ1) is 21.7. The van der Waals surface area contributed by atoms with Crippen molar-refractivity contribution in [1.29, 1.82) is 0 Å². The molecule has 0 fully saturated rings. The van der Waals surface area contributed by atoms with Gasteiger partial charge in [-0.3, -0.25) is 0 Å². The molecule has 0 heterocycles. The minimum Gasteiger partial charge on any atom is -0.463 e. The van der Waals surface area contributed by atoms with E-state index in [2.05, 4.69) is 29.6 Å². The lowest BCUT2D eigenvalue weighted by Gasteiger charge is -2.02. The molecule has 0 unspecified atom stereocenters. The highest BCUT2D eigenvalue weighted by Crippen LogP contribution is 1.88. The highest BCUT2D eigenvalue weighted by Gasteiger charge is 1.94. The molecular formula is C16H28O5. The number of esters is 2. The van der Waals surface area contributed by atoms with E-state index < -0.39 is 5.97 Å². The summed E-state index contributed by atoms with van der Waals surface area (Å²) in [6, 6.07) is 0. The zero-order chi connectivity index (χ0) is 16.3. The summed E-state index contributed by atoms with van der Waals surface area (Å²) in [6.45, 7) is 12.7. The molecule has 0 rings (SSSR count). The molecule has 122 valence electrons. The molecule has 0 bridgehead atoms. The second kappa shape index (κ2) is 18.4. The molecule has 0 saturated carbocycles. The highest BCUT2D eigenvalue weighted by atomic mass is 16.6. The molecule has 5 heteroatoms. The lowest BCUT2D eigenvalue weighted by atomic mass is 10.4. The number of carbonyl (C=O) groups is 2. The van der Waals surface area contributed by atoms with E-state index in [4.69, 9.17) is 4.74 Å². The van der Waals surface area contributed by atoms with Gasteiger partial charge in [-0.05, 0) is 12.8 Å². The average Bonchev–Trinajstić information content (AvgIpc) is 2.51. The minimum absolute atomic E-state index is 0.314. The molecule has 0 saturated heterocycles. The fourth-order valence-corrected chi connectivity index (χ4v) is 0.985. The fraction of sp³-hybridized carbons (Fsp3) is 0.625. The molecule has 0 aliphatic heterocycles. The molecule has 0 spiro atoms. The number of unbranched alkanes of at least 4 members (excludes halogenated alkanes) is 2. The lowest BCUT2D eigenvalue weighted by Crippen LogP contribution is -2.08. The van der Waals surface area contributed by atoms with Crippen molar-refractivity contribution in [3.05, 3.63) is 25.3 Å². The minimum atomic E-state index is -0.394. The molecule has 0 aliphatic rings. The third-order valence-electron chi connectivity index (χ3n) is 2.19. The van der Waals surface area contributed by atoms with Gasteiger partial charge >= 0.3 is 11.9 Å². The van der Waals surface area contributed by atoms with Crippen molar-refractivity contribution in [3.8, 4) is 0 Å². The maximum atomic E-state index is 10.5. The van der Waals surface area contributed by atoms with Crippen molar-refractivity contribution in [2.24, 2.45) is 0 Å². The maximum absolute atomic E-state index is 10.5. The number of hydrogen-bond donors (Lipinski definition) is 0. The quantitative estimate of drug-likeness (QED) is 0.333. The number of ether oxygens (including phenoxy) is 3. The van der Waals surface area contributed by atoms with Crippen LogP contribution < -0.4 is 0 Å². The van der Waals surface area contributed by atoms with E-state index in [9.17, 15) is 9.59 Å². The Morgan fingerprint density at radius 2 is 1.29 bits per heavy atom. The van der Waals surface area contributed by atoms with Crippen molar-refractivity contribution >= 4 is 11.9 Å². The summed E-state index contributed by atoms with van der Waals surface area (Å²) in [5, 5.41) is 0. The molecule has 0 aromatic carbocycles. The number of hydrogen-bond acceptors (Lipinski definition) is 5. The Morgan fingerprint density at radius 1 is 0.810 bits per heavy atom. The Hall–Kier alpha value is -1.62. The molecule has 0 aromatic rings. The first-order chi connectivity index (χ1) is 10.1. The predicted molar refractivity (Wildman–Crippen MR) is 82.9 cm³/mol. The van der Waals surface area contributed by atoms with Crippen LogP contribution in [0.2, 0.25) is 0 Å². The fourth-order valence-electron chi connectivity index (χ4n) is 0.985. The van der Waals surface area contributed by atoms with Gasteiger partial charge in [0, 0.05) is 18.8 Å². The van der Waals surface area contributed by atoms with E-state index in [0.717, 1.165) is 38.4 Å². The summed E-state index contributed by atoms with van der Waals surface area (Å²) >= 11 is 0. The van der Waals surface area contributed by atoms with Gasteiger partial charge in [-0.2, -0.15) is 0 Å². The molecule has 0 amide bonds. The van der Waals surface area contributed by atoms with Gasteiger partial charge in [0.25, 0.3) is 0 Å². The van der Waals surface area contributed by atoms with Crippen molar-refractivity contribution < 1.29 is 23.8 Å². The van der Waals surface area contributed by atoms with E-state index in [1.807, 2.05) is 6.92 Å². The van der Waals surface area contributed by atoms with Crippen LogP contribution in [0.3, 0.4) is 0 Å². The standard InChI is InChI=1S/C9H16O3.C7H12O2/c1-3-5-6-11-7-8-12-9(10)4-2;1-3-5-6-9-7(8)4-2/h4H,2-3,5-8H2,1H3;4H,2-3,5-6H2,1H3. The summed E-state index contributed by atoms with van der Waals surface area (Å²) in [7, 11) is 0. The highest BCUT2D eigenvalue weighted by molar-refractivity contribution is 5.81. The monoisotopic (exact) mass is 300 g/mol. The van der Waals surface area contributed by atoms with Crippen molar-refractivity contribution in [3.63, 3.8) is 0 Å². The summed E-state index contributed by atoms with van der Waals surface area (Å²) in [4.78, 5) is 20.9. The Balaban J connectivity index is 0. The van der Waals surface area contributed by atoms with Gasteiger partial charge in [-0.25, -0.2) is 9.59 Å². The zero-order valence-electron chi connectivity index (χ0n) is 13.3. The van der Waals surface area contributed by atoms with E-state index in [1.54, 1.807) is 0 Å². The SMILES string of the molecule is C=CC(=O)OCCCC.C=CC(=O)OCCOCCCC. The van der Waals surface area contributed by atoms with E-state index >= 15 is 0 Å². The van der Waals surface area contributed by atoms with Crippen LogP contribution in [0.4, 0.5) is 0 Å². The van der Waals surface area contributed by atoms with Crippen LogP contribution >= 0.6 is 0 Å². The van der Waals surface area contributed by atoms with E-state index in [1.165, 1.54) is 6.08 Å². The molecule has 5 nitrogen and oxygen atoms in total. The summed E-state index contributed by atoms with van der Waals surface area (Å²) < 4.78 is 14.5. The number of rotatable bonds is 11. The normalized spacial score (nSPS) is 9.05. The smallest absolute Gasteiger partial charge is 0.330 e. The van der Waals surface area contributed by atoms with Crippen LogP contribution in [-0.2, 0) is 23.8 Å². The Bertz CT molecular complexity index is 286. The summed E-state index contributed by atoms with van der Waals surface area (Å²) in [6.07, 6.45) is 6.47. The Labute approximate surface area is 128 Å². The van der Waals surface area contributed by atoms with Crippen molar-refractivity contribution in [2.75, 3.05) is 26.4 Å². The van der Waals surface area contributed by atoms with Gasteiger partial charge in [-0.15, -0.1) is 0 Å². The summed E-state index contributed by atoms with van der Waals surface area (Å²) in [5.41, 5.74) is 0. The van der Waals surface area contributed by atoms with Gasteiger partial charge in [0.2, 0.25) is 0 Å². The van der Waals surface area contributed by atoms with Crippen molar-refractivity contribution in [2.45, 2.75) is 39.5 Å². The Kier molecular flexibility index (Phi) is 19.0. The van der Waals surface area contributed by atoms with Gasteiger partial charge in [0.05, 0.1) is 13.2 Å². The molecule has 0 radical (unpaired) electrons. The topological polar surface area (TPSA) is 61.8 Å². The molecular weight excluding hydrogens is 272 g/mol. The van der Waals surface area contributed by atoms with Crippen LogP contribution in [0.15, 0.2) is 25.3 Å². The molecule has 0 aromatic heterocycles. The molecule has 21 heavy (non-hydrogen) atoms. The van der Waals surface area contributed by atoms with Crippen molar-refractivity contribution in [1.82, 2.24) is 0 Å². The second-order valence-electron chi connectivity index (χ2n) is 4.06. The maximum Gasteiger partial charge on any atom is 0.330 e. The van der Waals surface area contributed by atoms with E-state index in [0.29, 0.717) is 19.8 Å². The second-order valence-corrected chi connectivity index (χ2v) is 4.06. The van der Waals surface area contributed by atoms with Crippen LogP contribution in [-0.4, -0.2) is 38.4 Å². The van der Waals surface area contributed by atoms with Crippen LogP contribution in [0.5, 0.6) is 0 Å². The van der Waals surface area contributed by atoms with E-state index in [-0.39, 0.29) is 5.97 Å². The third kappa shape index (κ3) is 20.8. The Morgan fingerprint density at radius 3 is 1.76 bits per heavy atom. The lowest BCUT2D eigenvalue weighted by molar-refractivity contribution is -0.139. The third-order valence-corrected chi connectivity index (χ3v) is 2.19. The zero-order valence-corrected chi connectivity index (χ0v) is 13.3. The van der Waals surface area contributed by atoms with Crippen LogP contribution in [0, 0.1) is 0 Å². The van der Waals surface area contributed by atoms with Gasteiger partial charge in [0.15, 0.2) is 0 Å². The number of carbonyl (C=O) groups excluding carboxylic acids is 2. The molecule has 0 aliphatic carbocycles. The first-order valence-electron chi connectivity index (χ1n) is 7.28.